The molecule has 2 heterocycles. The summed E-state index contributed by atoms with van der Waals surface area (Å²) >= 11 is 3.36. The Bertz CT molecular complexity index is 499. The van der Waals surface area contributed by atoms with Crippen molar-refractivity contribution in [3.8, 4) is 0 Å². The Kier molecular flexibility index (Phi) is 3.97. The van der Waals surface area contributed by atoms with Crippen LogP contribution in [0.1, 0.15) is 20.9 Å². The molecule has 2 rings (SSSR count). The lowest BCUT2D eigenvalue weighted by Crippen LogP contribution is -2.24. The highest BCUT2D eigenvalue weighted by Crippen LogP contribution is 2.20. The van der Waals surface area contributed by atoms with Crippen molar-refractivity contribution in [2.45, 2.75) is 26.8 Å². The average molecular weight is 265 g/mol. The predicted molar refractivity (Wildman–Crippen MR) is 73.7 cm³/mol. The molecule has 0 saturated heterocycles. The van der Waals surface area contributed by atoms with Crippen molar-refractivity contribution in [1.82, 2.24) is 5.32 Å². The van der Waals surface area contributed by atoms with Gasteiger partial charge in [-0.1, -0.05) is 6.07 Å². The van der Waals surface area contributed by atoms with E-state index in [0.717, 1.165) is 4.88 Å². The topological polar surface area (TPSA) is 29.1 Å². The number of hydrogen-bond donors (Lipinski definition) is 1. The molecule has 0 atom stereocenters. The molecule has 2 aromatic heterocycles. The Morgan fingerprint density at radius 3 is 2.76 bits per heavy atom. The smallest absolute Gasteiger partial charge is 0.225 e. The quantitative estimate of drug-likeness (QED) is 0.903. The Morgan fingerprint density at radius 1 is 1.35 bits per heavy atom. The summed E-state index contributed by atoms with van der Waals surface area (Å²) in [6.07, 6.45) is 0.486. The van der Waals surface area contributed by atoms with Crippen molar-refractivity contribution in [1.29, 1.82) is 0 Å². The van der Waals surface area contributed by atoms with E-state index in [1.807, 2.05) is 17.5 Å². The van der Waals surface area contributed by atoms with Gasteiger partial charge in [0.25, 0.3) is 0 Å². The van der Waals surface area contributed by atoms with Crippen molar-refractivity contribution in [3.63, 3.8) is 0 Å². The molecule has 17 heavy (non-hydrogen) atoms. The van der Waals surface area contributed by atoms with Crippen LogP contribution in [-0.2, 0) is 17.8 Å². The Hall–Kier alpha value is -1.13. The van der Waals surface area contributed by atoms with E-state index in [9.17, 15) is 4.79 Å². The third kappa shape index (κ3) is 3.17. The van der Waals surface area contributed by atoms with Crippen LogP contribution in [0.25, 0.3) is 0 Å². The maximum absolute atomic E-state index is 11.7. The largest absolute Gasteiger partial charge is 0.352 e. The van der Waals surface area contributed by atoms with Gasteiger partial charge in [0.15, 0.2) is 0 Å². The molecule has 0 unspecified atom stereocenters. The van der Waals surface area contributed by atoms with Crippen LogP contribution in [0.3, 0.4) is 0 Å². The summed E-state index contributed by atoms with van der Waals surface area (Å²) in [5, 5.41) is 7.08. The summed E-state index contributed by atoms with van der Waals surface area (Å²) < 4.78 is 0. The fourth-order valence-corrected chi connectivity index (χ4v) is 3.15. The number of carbonyl (C=O) groups excluding carboxylic acids is 1. The normalized spacial score (nSPS) is 10.5. The van der Waals surface area contributed by atoms with E-state index in [1.165, 1.54) is 16.0 Å². The summed E-state index contributed by atoms with van der Waals surface area (Å²) in [4.78, 5) is 14.1. The van der Waals surface area contributed by atoms with E-state index in [4.69, 9.17) is 0 Å². The second-order valence-corrected chi connectivity index (χ2v) is 6.09. The van der Waals surface area contributed by atoms with Crippen LogP contribution in [0.5, 0.6) is 0 Å². The summed E-state index contributed by atoms with van der Waals surface area (Å²) in [5.41, 5.74) is 2.53. The molecule has 0 radical (unpaired) electrons. The minimum Gasteiger partial charge on any atom is -0.352 e. The van der Waals surface area contributed by atoms with E-state index < -0.39 is 0 Å². The Morgan fingerprint density at radius 2 is 2.18 bits per heavy atom. The SMILES string of the molecule is Cc1scc(CNC(=O)Cc2cccs2)c1C. The molecule has 90 valence electrons. The number of carbonyl (C=O) groups is 1. The molecule has 0 aliphatic heterocycles. The molecular weight excluding hydrogens is 250 g/mol. The highest BCUT2D eigenvalue weighted by molar-refractivity contribution is 7.10. The first-order valence-corrected chi connectivity index (χ1v) is 7.25. The van der Waals surface area contributed by atoms with Gasteiger partial charge in [0.1, 0.15) is 0 Å². The van der Waals surface area contributed by atoms with Gasteiger partial charge < -0.3 is 5.32 Å². The molecule has 0 aromatic carbocycles. The van der Waals surface area contributed by atoms with Crippen LogP contribution < -0.4 is 5.32 Å². The number of aryl methyl sites for hydroxylation is 1. The maximum Gasteiger partial charge on any atom is 0.225 e. The molecular formula is C13H15NOS2. The van der Waals surface area contributed by atoms with Gasteiger partial charge in [-0.15, -0.1) is 22.7 Å². The molecule has 0 fully saturated rings. The molecule has 2 nitrogen and oxygen atoms in total. The van der Waals surface area contributed by atoms with Gasteiger partial charge in [-0.25, -0.2) is 0 Å². The fourth-order valence-electron chi connectivity index (χ4n) is 1.56. The van der Waals surface area contributed by atoms with Gasteiger partial charge in [-0.05, 0) is 41.8 Å². The first-order valence-electron chi connectivity index (χ1n) is 5.49. The Labute approximate surface area is 109 Å². The molecule has 0 aliphatic carbocycles. The number of thiophene rings is 2. The molecule has 1 N–H and O–H groups in total. The lowest BCUT2D eigenvalue weighted by atomic mass is 10.2. The third-order valence-corrected chi connectivity index (χ3v) is 4.72. The first-order chi connectivity index (χ1) is 8.16. The zero-order valence-corrected chi connectivity index (χ0v) is 11.6. The molecule has 0 aliphatic rings. The van der Waals surface area contributed by atoms with Gasteiger partial charge in [-0.2, -0.15) is 0 Å². The minimum atomic E-state index is 0.0932. The number of hydrogen-bond acceptors (Lipinski definition) is 3. The van der Waals surface area contributed by atoms with E-state index in [-0.39, 0.29) is 5.91 Å². The third-order valence-electron chi connectivity index (χ3n) is 2.78. The van der Waals surface area contributed by atoms with Crippen LogP contribution in [0.2, 0.25) is 0 Å². The van der Waals surface area contributed by atoms with Crippen molar-refractivity contribution >= 4 is 28.6 Å². The van der Waals surface area contributed by atoms with Crippen molar-refractivity contribution in [2.75, 3.05) is 0 Å². The first kappa shape index (κ1) is 12.3. The van der Waals surface area contributed by atoms with Crippen LogP contribution in [0.4, 0.5) is 0 Å². The van der Waals surface area contributed by atoms with Crippen LogP contribution in [0.15, 0.2) is 22.9 Å². The minimum absolute atomic E-state index is 0.0932. The predicted octanol–water partition coefficient (Wildman–Crippen LogP) is 3.29. The highest BCUT2D eigenvalue weighted by atomic mass is 32.1. The second kappa shape index (κ2) is 5.47. The van der Waals surface area contributed by atoms with Crippen LogP contribution in [0, 0.1) is 13.8 Å². The molecule has 1 amide bonds. The van der Waals surface area contributed by atoms with E-state index in [0.29, 0.717) is 13.0 Å². The monoisotopic (exact) mass is 265 g/mol. The van der Waals surface area contributed by atoms with E-state index in [1.54, 1.807) is 22.7 Å². The fraction of sp³-hybridized carbons (Fsp3) is 0.308. The molecule has 0 bridgehead atoms. The van der Waals surface area contributed by atoms with E-state index in [2.05, 4.69) is 24.5 Å². The second-order valence-electron chi connectivity index (χ2n) is 3.97. The van der Waals surface area contributed by atoms with E-state index >= 15 is 0 Å². The molecule has 4 heteroatoms. The van der Waals surface area contributed by atoms with Crippen molar-refractivity contribution in [2.24, 2.45) is 0 Å². The standard InChI is InChI=1S/C13H15NOS2/c1-9-10(2)17-8-11(9)7-14-13(15)6-12-4-3-5-16-12/h3-5,8H,6-7H2,1-2H3,(H,14,15). The van der Waals surface area contributed by atoms with Crippen molar-refractivity contribution < 1.29 is 4.79 Å². The lowest BCUT2D eigenvalue weighted by Gasteiger charge is -2.04. The summed E-state index contributed by atoms with van der Waals surface area (Å²) in [6.45, 7) is 4.85. The van der Waals surface area contributed by atoms with Crippen LogP contribution in [-0.4, -0.2) is 5.91 Å². The van der Waals surface area contributed by atoms with Gasteiger partial charge in [0, 0.05) is 16.3 Å². The lowest BCUT2D eigenvalue weighted by molar-refractivity contribution is -0.120. The zero-order chi connectivity index (χ0) is 12.3. The zero-order valence-electron chi connectivity index (χ0n) is 9.95. The summed E-state index contributed by atoms with van der Waals surface area (Å²) in [5.74, 6) is 0.0932. The van der Waals surface area contributed by atoms with Gasteiger partial charge in [0.05, 0.1) is 6.42 Å². The molecule has 0 saturated carbocycles. The summed E-state index contributed by atoms with van der Waals surface area (Å²) in [6, 6.07) is 3.96. The Balaban J connectivity index is 1.86. The maximum atomic E-state index is 11.7. The molecule has 2 aromatic rings. The summed E-state index contributed by atoms with van der Waals surface area (Å²) in [7, 11) is 0. The van der Waals surface area contributed by atoms with Gasteiger partial charge in [-0.3, -0.25) is 4.79 Å². The number of rotatable bonds is 4. The van der Waals surface area contributed by atoms with Gasteiger partial charge >= 0.3 is 0 Å². The van der Waals surface area contributed by atoms with Crippen LogP contribution >= 0.6 is 22.7 Å². The number of amides is 1. The highest BCUT2D eigenvalue weighted by Gasteiger charge is 2.07. The average Bonchev–Trinajstić information content (AvgIpc) is 2.90. The van der Waals surface area contributed by atoms with Gasteiger partial charge in [0.2, 0.25) is 5.91 Å². The molecule has 0 spiro atoms. The van der Waals surface area contributed by atoms with Crippen molar-refractivity contribution in [3.05, 3.63) is 43.8 Å². The number of nitrogens with one attached hydrogen (secondary N) is 1.